The summed E-state index contributed by atoms with van der Waals surface area (Å²) in [4.78, 5) is 24.8. The third-order valence-corrected chi connectivity index (χ3v) is 3.13. The molecule has 1 atom stereocenters. The summed E-state index contributed by atoms with van der Waals surface area (Å²) in [5, 5.41) is 0.634. The van der Waals surface area contributed by atoms with Gasteiger partial charge < -0.3 is 0 Å². The monoisotopic (exact) mass is 249 g/mol. The maximum absolute atomic E-state index is 11.8. The van der Waals surface area contributed by atoms with Gasteiger partial charge >= 0.3 is 0 Å². The second-order valence-corrected chi connectivity index (χ2v) is 4.50. The predicted molar refractivity (Wildman–Crippen MR) is 65.5 cm³/mol. The summed E-state index contributed by atoms with van der Waals surface area (Å²) in [5.41, 5.74) is 1.37. The molecule has 0 N–H and O–H groups in total. The Morgan fingerprint density at radius 2 is 1.76 bits per heavy atom. The highest BCUT2D eigenvalue weighted by atomic mass is 35.5. The molecule has 0 radical (unpaired) electrons. The second kappa shape index (κ2) is 4.34. The number of nitrogens with zero attached hydrogens (tertiary/aromatic N) is 1. The number of carbonyl (C=O) groups is 2. The first-order valence-corrected chi connectivity index (χ1v) is 5.70. The molecule has 0 spiro atoms. The van der Waals surface area contributed by atoms with Gasteiger partial charge in [0.25, 0.3) is 11.8 Å². The maximum atomic E-state index is 11.8. The van der Waals surface area contributed by atoms with Crippen molar-refractivity contribution in [3.05, 3.63) is 46.5 Å². The zero-order valence-electron chi connectivity index (χ0n) is 9.61. The van der Waals surface area contributed by atoms with Crippen LogP contribution < -0.4 is 0 Å². The summed E-state index contributed by atoms with van der Waals surface area (Å²) in [6.45, 7) is 3.47. The van der Waals surface area contributed by atoms with Crippen molar-refractivity contribution in [1.29, 1.82) is 0 Å². The van der Waals surface area contributed by atoms with Gasteiger partial charge in [0.2, 0.25) is 0 Å². The molecule has 1 aliphatic heterocycles. The topological polar surface area (TPSA) is 37.4 Å². The molecule has 0 fully saturated rings. The summed E-state index contributed by atoms with van der Waals surface area (Å²) >= 11 is 5.80. The van der Waals surface area contributed by atoms with E-state index in [1.165, 1.54) is 11.0 Å². The minimum Gasteiger partial charge on any atom is -0.269 e. The number of carbonyl (C=O) groups excluding carboxylic acids is 2. The van der Waals surface area contributed by atoms with E-state index in [-0.39, 0.29) is 17.9 Å². The van der Waals surface area contributed by atoms with E-state index in [1.54, 1.807) is 19.1 Å². The fourth-order valence-corrected chi connectivity index (χ4v) is 1.99. The number of amides is 2. The van der Waals surface area contributed by atoms with Crippen LogP contribution in [0.1, 0.15) is 25.5 Å². The van der Waals surface area contributed by atoms with Crippen LogP contribution in [0.3, 0.4) is 0 Å². The average Bonchev–Trinajstić information content (AvgIpc) is 2.53. The molecule has 0 aromatic heterocycles. The first kappa shape index (κ1) is 11.9. The molecule has 0 saturated carbocycles. The smallest absolute Gasteiger partial charge is 0.257 e. The van der Waals surface area contributed by atoms with E-state index >= 15 is 0 Å². The molecule has 3 nitrogen and oxygen atoms in total. The molecule has 17 heavy (non-hydrogen) atoms. The highest BCUT2D eigenvalue weighted by molar-refractivity contribution is 6.30. The van der Waals surface area contributed by atoms with Gasteiger partial charge in [0.15, 0.2) is 0 Å². The van der Waals surface area contributed by atoms with Gasteiger partial charge in [-0.2, -0.15) is 0 Å². The molecule has 88 valence electrons. The van der Waals surface area contributed by atoms with Gasteiger partial charge in [-0.25, -0.2) is 0 Å². The number of rotatable bonds is 2. The largest absolute Gasteiger partial charge is 0.269 e. The van der Waals surface area contributed by atoms with Crippen molar-refractivity contribution < 1.29 is 9.59 Å². The van der Waals surface area contributed by atoms with Gasteiger partial charge in [-0.3, -0.25) is 14.5 Å². The van der Waals surface area contributed by atoms with E-state index in [0.29, 0.717) is 10.6 Å². The number of hydrogen-bond acceptors (Lipinski definition) is 2. The standard InChI is InChI=1S/C13H12ClNO2/c1-8-7-12(16)15(13(8)17)9(2)10-3-5-11(14)6-4-10/h3-7,9H,1-2H3. The molecule has 1 aliphatic rings. The zero-order chi connectivity index (χ0) is 12.6. The number of benzene rings is 1. The van der Waals surface area contributed by atoms with Crippen molar-refractivity contribution >= 4 is 23.4 Å². The van der Waals surface area contributed by atoms with Crippen LogP contribution in [0.15, 0.2) is 35.9 Å². The van der Waals surface area contributed by atoms with E-state index in [0.717, 1.165) is 5.56 Å². The summed E-state index contributed by atoms with van der Waals surface area (Å²) in [6, 6.07) is 6.86. The summed E-state index contributed by atoms with van der Waals surface area (Å²) in [7, 11) is 0. The number of hydrogen-bond donors (Lipinski definition) is 0. The number of imide groups is 1. The Balaban J connectivity index is 2.27. The highest BCUT2D eigenvalue weighted by Crippen LogP contribution is 2.26. The van der Waals surface area contributed by atoms with E-state index < -0.39 is 0 Å². The van der Waals surface area contributed by atoms with Gasteiger partial charge in [-0.05, 0) is 31.5 Å². The Bertz CT molecular complexity index is 505. The third-order valence-electron chi connectivity index (χ3n) is 2.87. The molecule has 0 saturated heterocycles. The lowest BCUT2D eigenvalue weighted by molar-refractivity contribution is -0.139. The summed E-state index contributed by atoms with van der Waals surface area (Å²) < 4.78 is 0. The van der Waals surface area contributed by atoms with Crippen molar-refractivity contribution in [2.24, 2.45) is 0 Å². The van der Waals surface area contributed by atoms with Crippen LogP contribution in [-0.4, -0.2) is 16.7 Å². The molecule has 0 aliphatic carbocycles. The Hall–Kier alpha value is -1.61. The molecule has 1 aromatic carbocycles. The van der Waals surface area contributed by atoms with Gasteiger partial charge in [-0.1, -0.05) is 23.7 Å². The average molecular weight is 250 g/mol. The van der Waals surface area contributed by atoms with Crippen LogP contribution in [0.5, 0.6) is 0 Å². The van der Waals surface area contributed by atoms with Crippen LogP contribution >= 0.6 is 11.6 Å². The first-order valence-electron chi connectivity index (χ1n) is 5.32. The Labute approximate surface area is 105 Å². The van der Waals surface area contributed by atoms with E-state index in [1.807, 2.05) is 19.1 Å². The van der Waals surface area contributed by atoms with Gasteiger partial charge in [0.05, 0.1) is 6.04 Å². The molecule has 0 bridgehead atoms. The van der Waals surface area contributed by atoms with Crippen LogP contribution in [0.4, 0.5) is 0 Å². The first-order chi connectivity index (χ1) is 8.00. The van der Waals surface area contributed by atoms with Crippen molar-refractivity contribution in [1.82, 2.24) is 4.90 Å². The van der Waals surface area contributed by atoms with Crippen LogP contribution in [-0.2, 0) is 9.59 Å². The molecular weight excluding hydrogens is 238 g/mol. The zero-order valence-corrected chi connectivity index (χ0v) is 10.4. The fourth-order valence-electron chi connectivity index (χ4n) is 1.86. The quantitative estimate of drug-likeness (QED) is 0.756. The third kappa shape index (κ3) is 2.11. The maximum Gasteiger partial charge on any atom is 0.257 e. The lowest BCUT2D eigenvalue weighted by atomic mass is 10.1. The van der Waals surface area contributed by atoms with Gasteiger partial charge in [0, 0.05) is 16.7 Å². The van der Waals surface area contributed by atoms with Crippen molar-refractivity contribution in [3.63, 3.8) is 0 Å². The van der Waals surface area contributed by atoms with E-state index in [4.69, 9.17) is 11.6 Å². The Morgan fingerprint density at radius 1 is 1.18 bits per heavy atom. The van der Waals surface area contributed by atoms with Gasteiger partial charge in [0.1, 0.15) is 0 Å². The Kier molecular flexibility index (Phi) is 3.03. The predicted octanol–water partition coefficient (Wildman–Crippen LogP) is 2.72. The Morgan fingerprint density at radius 3 is 2.24 bits per heavy atom. The molecular formula is C13H12ClNO2. The lowest BCUT2D eigenvalue weighted by Gasteiger charge is -2.23. The second-order valence-electron chi connectivity index (χ2n) is 4.07. The van der Waals surface area contributed by atoms with Crippen LogP contribution in [0.2, 0.25) is 5.02 Å². The minimum absolute atomic E-state index is 0.225. The fraction of sp³-hybridized carbons (Fsp3) is 0.231. The molecule has 2 rings (SSSR count). The number of halogens is 1. The highest BCUT2D eigenvalue weighted by Gasteiger charge is 2.32. The van der Waals surface area contributed by atoms with Crippen molar-refractivity contribution in [2.75, 3.05) is 0 Å². The molecule has 4 heteroatoms. The van der Waals surface area contributed by atoms with Gasteiger partial charge in [-0.15, -0.1) is 0 Å². The SMILES string of the molecule is CC1=CC(=O)N(C(C)c2ccc(Cl)cc2)C1=O. The minimum atomic E-state index is -0.277. The summed E-state index contributed by atoms with van der Waals surface area (Å²) in [6.07, 6.45) is 1.37. The van der Waals surface area contributed by atoms with Crippen molar-refractivity contribution in [3.8, 4) is 0 Å². The molecule has 1 unspecified atom stereocenters. The molecule has 2 amide bonds. The van der Waals surface area contributed by atoms with E-state index in [2.05, 4.69) is 0 Å². The van der Waals surface area contributed by atoms with E-state index in [9.17, 15) is 9.59 Å². The normalized spacial score (nSPS) is 17.4. The molecule has 1 heterocycles. The lowest BCUT2D eigenvalue weighted by Crippen LogP contribution is -2.33. The van der Waals surface area contributed by atoms with Crippen LogP contribution in [0, 0.1) is 0 Å². The van der Waals surface area contributed by atoms with Crippen LogP contribution in [0.25, 0.3) is 0 Å². The van der Waals surface area contributed by atoms with Crippen molar-refractivity contribution in [2.45, 2.75) is 19.9 Å². The molecule has 1 aromatic rings. The summed E-state index contributed by atoms with van der Waals surface area (Å²) in [5.74, 6) is -0.479.